The van der Waals surface area contributed by atoms with Crippen molar-refractivity contribution in [2.75, 3.05) is 0 Å². The minimum absolute atomic E-state index is 1.94. The molecule has 1 N–H and O–H groups in total. The molecule has 0 aromatic carbocycles. The lowest BCUT2D eigenvalue weighted by atomic mass is 10.3. The molecule has 0 fully saturated rings. The first-order valence-electron chi connectivity index (χ1n) is 2.02. The van der Waals surface area contributed by atoms with Gasteiger partial charge in [0, 0.05) is 0 Å². The molecule has 0 aliphatic rings. The van der Waals surface area contributed by atoms with Crippen LogP contribution in [-0.4, -0.2) is 17.1 Å². The highest BCUT2D eigenvalue weighted by Gasteiger charge is 2.58. The maximum absolute atomic E-state index is 11.6. The van der Waals surface area contributed by atoms with Crippen molar-refractivity contribution in [3.05, 3.63) is 12.4 Å². The molecule has 0 spiro atoms. The molecule has 0 heterocycles. The summed E-state index contributed by atoms with van der Waals surface area (Å²) >= 11 is 0. The van der Waals surface area contributed by atoms with Crippen LogP contribution in [0.4, 0.5) is 22.0 Å². The first kappa shape index (κ1) is 9.35. The van der Waals surface area contributed by atoms with Gasteiger partial charge in [0.25, 0.3) is 0 Å². The number of hydrogen-bond acceptors (Lipinski definition) is 1. The van der Waals surface area contributed by atoms with Gasteiger partial charge in [-0.1, -0.05) is 6.58 Å². The van der Waals surface area contributed by atoms with Gasteiger partial charge in [0.15, 0.2) is 5.83 Å². The fourth-order valence-electron chi connectivity index (χ4n) is 0.163. The molecule has 10 heavy (non-hydrogen) atoms. The average Bonchev–Trinajstić information content (AvgIpc) is 1.62. The number of alkyl halides is 4. The van der Waals surface area contributed by atoms with Crippen LogP contribution in [0.2, 0.25) is 0 Å². The zero-order valence-electron chi connectivity index (χ0n) is 4.54. The number of halogens is 5. The predicted molar refractivity (Wildman–Crippen MR) is 22.4 cm³/mol. The minimum Gasteiger partial charge on any atom is -0.331 e. The predicted octanol–water partition coefficient (Wildman–Crippen LogP) is 1.69. The molecule has 0 radical (unpaired) electrons. The van der Waals surface area contributed by atoms with Crippen LogP contribution in [0.3, 0.4) is 0 Å². The largest absolute Gasteiger partial charge is 0.423 e. The quantitative estimate of drug-likeness (QED) is 0.612. The lowest BCUT2D eigenvalue weighted by Crippen LogP contribution is -2.40. The number of aliphatic hydroxyl groups is 1. The van der Waals surface area contributed by atoms with E-state index in [0.29, 0.717) is 0 Å². The standard InChI is InChI=1S/C4H3F5O/c1-2(5)3(6,7)4(8,9)10/h10H,1H2. The summed E-state index contributed by atoms with van der Waals surface area (Å²) in [5.41, 5.74) is 0. The maximum atomic E-state index is 11.6. The van der Waals surface area contributed by atoms with Crippen LogP contribution < -0.4 is 0 Å². The first-order chi connectivity index (χ1) is 4.19. The Bertz CT molecular complexity index is 146. The van der Waals surface area contributed by atoms with E-state index >= 15 is 0 Å². The van der Waals surface area contributed by atoms with Gasteiger partial charge in [0.1, 0.15) is 0 Å². The van der Waals surface area contributed by atoms with Gasteiger partial charge < -0.3 is 5.11 Å². The Morgan fingerprint density at radius 1 is 1.20 bits per heavy atom. The second-order valence-electron chi connectivity index (χ2n) is 1.52. The summed E-state index contributed by atoms with van der Waals surface area (Å²) in [6.07, 6.45) is -5.39. The summed E-state index contributed by atoms with van der Waals surface area (Å²) in [4.78, 5) is 0. The van der Waals surface area contributed by atoms with Crippen LogP contribution in [0.5, 0.6) is 0 Å². The fraction of sp³-hybridized carbons (Fsp3) is 0.500. The SMILES string of the molecule is C=C(F)C(F)(F)C(O)(F)F. The van der Waals surface area contributed by atoms with Crippen molar-refractivity contribution in [2.45, 2.75) is 12.0 Å². The van der Waals surface area contributed by atoms with Gasteiger partial charge in [-0.3, -0.25) is 0 Å². The van der Waals surface area contributed by atoms with Gasteiger partial charge in [0.2, 0.25) is 0 Å². The minimum atomic E-state index is -5.39. The number of hydrogen-bond donors (Lipinski definition) is 1. The highest BCUT2D eigenvalue weighted by molar-refractivity contribution is 5.01. The normalized spacial score (nSPS) is 13.4. The molecule has 0 bridgehead atoms. The van der Waals surface area contributed by atoms with Crippen molar-refractivity contribution < 1.29 is 27.1 Å². The molecule has 0 rings (SSSR count). The second-order valence-corrected chi connectivity index (χ2v) is 1.52. The van der Waals surface area contributed by atoms with E-state index in [0.717, 1.165) is 0 Å². The van der Waals surface area contributed by atoms with Gasteiger partial charge >= 0.3 is 12.0 Å². The molecule has 0 aromatic rings. The Balaban J connectivity index is 4.57. The molecule has 0 unspecified atom stereocenters. The van der Waals surface area contributed by atoms with E-state index in [1.807, 2.05) is 6.58 Å². The molecule has 0 saturated heterocycles. The molecule has 6 heteroatoms. The molecule has 0 atom stereocenters. The fourth-order valence-corrected chi connectivity index (χ4v) is 0.163. The zero-order chi connectivity index (χ0) is 8.58. The highest BCUT2D eigenvalue weighted by atomic mass is 19.3. The third kappa shape index (κ3) is 1.44. The second kappa shape index (κ2) is 2.19. The van der Waals surface area contributed by atoms with E-state index in [9.17, 15) is 22.0 Å². The van der Waals surface area contributed by atoms with Gasteiger partial charge in [-0.05, 0) is 0 Å². The van der Waals surface area contributed by atoms with E-state index < -0.39 is 17.9 Å². The Hall–Kier alpha value is -0.650. The van der Waals surface area contributed by atoms with E-state index in [2.05, 4.69) is 0 Å². The van der Waals surface area contributed by atoms with Crippen LogP contribution >= 0.6 is 0 Å². The van der Waals surface area contributed by atoms with Crippen molar-refractivity contribution >= 4 is 0 Å². The smallest absolute Gasteiger partial charge is 0.331 e. The number of rotatable bonds is 2. The Morgan fingerprint density at radius 2 is 1.50 bits per heavy atom. The first-order valence-corrected chi connectivity index (χ1v) is 2.02. The van der Waals surface area contributed by atoms with Crippen molar-refractivity contribution in [1.82, 2.24) is 0 Å². The Kier molecular flexibility index (Phi) is 2.05. The summed E-state index contributed by atoms with van der Waals surface area (Å²) in [6, 6.07) is 0. The van der Waals surface area contributed by atoms with Crippen LogP contribution in [-0.2, 0) is 0 Å². The van der Waals surface area contributed by atoms with Crippen LogP contribution in [0.25, 0.3) is 0 Å². The summed E-state index contributed by atoms with van der Waals surface area (Å²) in [7, 11) is 0. The highest BCUT2D eigenvalue weighted by Crippen LogP contribution is 2.37. The van der Waals surface area contributed by atoms with Crippen molar-refractivity contribution in [2.24, 2.45) is 0 Å². The van der Waals surface area contributed by atoms with Crippen LogP contribution in [0.1, 0.15) is 0 Å². The molecule has 0 aliphatic heterocycles. The van der Waals surface area contributed by atoms with Gasteiger partial charge in [-0.2, -0.15) is 17.6 Å². The van der Waals surface area contributed by atoms with Gasteiger partial charge in [0.05, 0.1) is 0 Å². The molecule has 0 aliphatic carbocycles. The van der Waals surface area contributed by atoms with Gasteiger partial charge in [-0.15, -0.1) is 0 Å². The lowest BCUT2D eigenvalue weighted by Gasteiger charge is -2.18. The molecule has 1 nitrogen and oxygen atoms in total. The molecular weight excluding hydrogens is 159 g/mol. The van der Waals surface area contributed by atoms with Crippen LogP contribution in [0.15, 0.2) is 12.4 Å². The summed E-state index contributed by atoms with van der Waals surface area (Å²) in [5, 5.41) is 7.33. The summed E-state index contributed by atoms with van der Waals surface area (Å²) in [6.45, 7) is 1.94. The van der Waals surface area contributed by atoms with E-state index in [1.54, 1.807) is 0 Å². The third-order valence-electron chi connectivity index (χ3n) is 0.718. The average molecular weight is 162 g/mol. The molecule has 0 saturated carbocycles. The maximum Gasteiger partial charge on any atom is 0.423 e. The monoisotopic (exact) mass is 162 g/mol. The van der Waals surface area contributed by atoms with Crippen molar-refractivity contribution in [3.8, 4) is 0 Å². The molecule has 60 valence electrons. The molecule has 0 amide bonds. The molecular formula is C4H3F5O. The molecule has 0 aromatic heterocycles. The van der Waals surface area contributed by atoms with E-state index in [4.69, 9.17) is 5.11 Å². The summed E-state index contributed by atoms with van der Waals surface area (Å²) in [5.74, 6) is -7.77. The third-order valence-corrected chi connectivity index (χ3v) is 0.718. The Morgan fingerprint density at radius 3 is 1.50 bits per heavy atom. The van der Waals surface area contributed by atoms with Crippen LogP contribution in [0, 0.1) is 0 Å². The zero-order valence-corrected chi connectivity index (χ0v) is 4.54. The van der Waals surface area contributed by atoms with Gasteiger partial charge in [-0.25, -0.2) is 4.39 Å². The topological polar surface area (TPSA) is 20.2 Å². The van der Waals surface area contributed by atoms with Crippen molar-refractivity contribution in [3.63, 3.8) is 0 Å². The van der Waals surface area contributed by atoms with E-state index in [-0.39, 0.29) is 0 Å². The lowest BCUT2D eigenvalue weighted by molar-refractivity contribution is -0.314. The summed E-state index contributed by atoms with van der Waals surface area (Å²) < 4.78 is 57.1. The Labute approximate surface area is 52.8 Å². The van der Waals surface area contributed by atoms with E-state index in [1.165, 1.54) is 0 Å². The van der Waals surface area contributed by atoms with Crippen molar-refractivity contribution in [1.29, 1.82) is 0 Å².